The van der Waals surface area contributed by atoms with Gasteiger partial charge in [0.15, 0.2) is 0 Å². The number of rotatable bonds is 8. The molecule has 16 heavy (non-hydrogen) atoms. The molecule has 96 valence electrons. The number of hydrogen-bond acceptors (Lipinski definition) is 3. The van der Waals surface area contributed by atoms with Gasteiger partial charge in [0, 0.05) is 0 Å². The zero-order chi connectivity index (χ0) is 11.6. The number of nitrogens with zero attached hydrogens (tertiary/aromatic N) is 1. The summed E-state index contributed by atoms with van der Waals surface area (Å²) in [4.78, 5) is 2.65. The molecule has 3 heteroatoms. The molecule has 0 saturated carbocycles. The maximum Gasteiger partial charge on any atom is -0.00109 e. The molecule has 0 atom stereocenters. The number of likely N-dealkylation sites (tertiary alicyclic amines) is 1. The monoisotopic (exact) mass is 244 g/mol. The Morgan fingerprint density at radius 2 is 2.00 bits per heavy atom. The van der Waals surface area contributed by atoms with Gasteiger partial charge in [0.25, 0.3) is 0 Å². The van der Waals surface area contributed by atoms with Crippen molar-refractivity contribution in [1.29, 1.82) is 0 Å². The molecule has 0 aromatic carbocycles. The molecule has 1 aliphatic rings. The van der Waals surface area contributed by atoms with Crippen molar-refractivity contribution in [1.82, 2.24) is 10.2 Å². The summed E-state index contributed by atoms with van der Waals surface area (Å²) in [6.45, 7) is 10.8. The van der Waals surface area contributed by atoms with Gasteiger partial charge in [-0.25, -0.2) is 0 Å². The number of nitrogens with one attached hydrogen (secondary N) is 1. The van der Waals surface area contributed by atoms with Crippen molar-refractivity contribution in [3.8, 4) is 0 Å². The fraction of sp³-hybridized carbons (Fsp3) is 1.00. The van der Waals surface area contributed by atoms with Gasteiger partial charge < -0.3 is 10.2 Å². The largest absolute Gasteiger partial charge is 0.317 e. The summed E-state index contributed by atoms with van der Waals surface area (Å²) >= 11 is 2.07. The van der Waals surface area contributed by atoms with Crippen LogP contribution in [-0.2, 0) is 0 Å². The number of thioether (sulfide) groups is 1. The molecule has 0 unspecified atom stereocenters. The minimum Gasteiger partial charge on any atom is -0.317 e. The first-order chi connectivity index (χ1) is 7.86. The van der Waals surface area contributed by atoms with E-state index in [1.54, 1.807) is 0 Å². The number of piperidine rings is 1. The number of hydrogen-bond donors (Lipinski definition) is 1. The van der Waals surface area contributed by atoms with Crippen molar-refractivity contribution in [3.05, 3.63) is 0 Å². The Hall–Kier alpha value is 0.270. The van der Waals surface area contributed by atoms with Crippen LogP contribution in [0.1, 0.15) is 33.1 Å². The molecule has 0 radical (unpaired) electrons. The lowest BCUT2D eigenvalue weighted by Crippen LogP contribution is -2.37. The van der Waals surface area contributed by atoms with Crippen LogP contribution in [0.4, 0.5) is 0 Å². The summed E-state index contributed by atoms with van der Waals surface area (Å²) in [5.74, 6) is 3.54. The van der Waals surface area contributed by atoms with Gasteiger partial charge >= 0.3 is 0 Å². The highest BCUT2D eigenvalue weighted by Gasteiger charge is 2.17. The van der Waals surface area contributed by atoms with E-state index in [1.165, 1.54) is 56.9 Å². The summed E-state index contributed by atoms with van der Waals surface area (Å²) in [5, 5.41) is 3.47. The van der Waals surface area contributed by atoms with Crippen LogP contribution in [0.2, 0.25) is 0 Å². The lowest BCUT2D eigenvalue weighted by atomic mass is 9.97. The predicted octanol–water partition coefficient (Wildman–Crippen LogP) is 2.45. The third-order valence-electron chi connectivity index (χ3n) is 3.36. The average Bonchev–Trinajstić information content (AvgIpc) is 2.33. The molecule has 1 fully saturated rings. The van der Waals surface area contributed by atoms with Gasteiger partial charge in [0.2, 0.25) is 0 Å². The summed E-state index contributed by atoms with van der Waals surface area (Å²) in [6.07, 6.45) is 4.16. The minimum atomic E-state index is 0.932. The molecule has 0 amide bonds. The van der Waals surface area contributed by atoms with E-state index >= 15 is 0 Å². The van der Waals surface area contributed by atoms with E-state index in [0.717, 1.165) is 12.5 Å². The van der Waals surface area contributed by atoms with Gasteiger partial charge in [0.05, 0.1) is 0 Å². The van der Waals surface area contributed by atoms with E-state index in [9.17, 15) is 0 Å². The first kappa shape index (κ1) is 14.3. The van der Waals surface area contributed by atoms with Crippen molar-refractivity contribution < 1.29 is 0 Å². The second-order valence-electron chi connectivity index (χ2n) is 4.64. The minimum absolute atomic E-state index is 0.932. The molecule has 0 aromatic rings. The highest BCUT2D eigenvalue weighted by atomic mass is 32.2. The quantitative estimate of drug-likeness (QED) is 0.660. The Bertz CT molecular complexity index is 156. The van der Waals surface area contributed by atoms with Crippen LogP contribution < -0.4 is 5.32 Å². The van der Waals surface area contributed by atoms with E-state index in [-0.39, 0.29) is 0 Å². The third kappa shape index (κ3) is 6.12. The second-order valence-corrected chi connectivity index (χ2v) is 6.04. The lowest BCUT2D eigenvalue weighted by molar-refractivity contribution is 0.183. The molecule has 1 heterocycles. The van der Waals surface area contributed by atoms with Crippen LogP contribution >= 0.6 is 11.8 Å². The van der Waals surface area contributed by atoms with Gasteiger partial charge in [-0.3, -0.25) is 0 Å². The van der Waals surface area contributed by atoms with E-state index in [4.69, 9.17) is 0 Å². The predicted molar refractivity (Wildman–Crippen MR) is 75.3 cm³/mol. The molecule has 1 aliphatic heterocycles. The zero-order valence-electron chi connectivity index (χ0n) is 11.0. The van der Waals surface area contributed by atoms with Crippen molar-refractivity contribution in [2.45, 2.75) is 33.1 Å². The van der Waals surface area contributed by atoms with Gasteiger partial charge in [-0.2, -0.15) is 11.8 Å². The molecule has 0 bridgehead atoms. The van der Waals surface area contributed by atoms with Gasteiger partial charge in [-0.05, 0) is 69.4 Å². The zero-order valence-corrected chi connectivity index (χ0v) is 11.8. The summed E-state index contributed by atoms with van der Waals surface area (Å²) < 4.78 is 0. The highest BCUT2D eigenvalue weighted by Crippen LogP contribution is 2.16. The molecular formula is C13H28N2S. The molecule has 1 rings (SSSR count). The Labute approximate surface area is 106 Å². The van der Waals surface area contributed by atoms with Crippen LogP contribution in [0, 0.1) is 5.92 Å². The Balaban J connectivity index is 1.98. The Morgan fingerprint density at radius 3 is 2.62 bits per heavy atom. The first-order valence-corrected chi connectivity index (χ1v) is 8.03. The average molecular weight is 244 g/mol. The van der Waals surface area contributed by atoms with Crippen LogP contribution in [0.3, 0.4) is 0 Å². The summed E-state index contributed by atoms with van der Waals surface area (Å²) in [6, 6.07) is 0. The fourth-order valence-corrected chi connectivity index (χ4v) is 2.92. The van der Waals surface area contributed by atoms with Gasteiger partial charge in [-0.15, -0.1) is 0 Å². The third-order valence-corrected chi connectivity index (χ3v) is 4.34. The maximum atomic E-state index is 3.47. The van der Waals surface area contributed by atoms with Crippen LogP contribution in [-0.4, -0.2) is 49.1 Å². The molecule has 0 aliphatic carbocycles. The van der Waals surface area contributed by atoms with Crippen LogP contribution in [0.25, 0.3) is 0 Å². The van der Waals surface area contributed by atoms with Crippen molar-refractivity contribution in [2.75, 3.05) is 44.2 Å². The molecule has 1 N–H and O–H groups in total. The fourth-order valence-electron chi connectivity index (χ4n) is 2.30. The molecule has 0 spiro atoms. The SMILES string of the molecule is CCNCC1CCN(CCCSCC)CC1. The first-order valence-electron chi connectivity index (χ1n) is 6.87. The van der Waals surface area contributed by atoms with Crippen LogP contribution in [0.15, 0.2) is 0 Å². The van der Waals surface area contributed by atoms with E-state index < -0.39 is 0 Å². The van der Waals surface area contributed by atoms with E-state index in [2.05, 4.69) is 35.8 Å². The van der Waals surface area contributed by atoms with Crippen molar-refractivity contribution >= 4 is 11.8 Å². The van der Waals surface area contributed by atoms with Gasteiger partial charge in [0.1, 0.15) is 0 Å². The summed E-state index contributed by atoms with van der Waals surface area (Å²) in [5.41, 5.74) is 0. The van der Waals surface area contributed by atoms with Crippen molar-refractivity contribution in [3.63, 3.8) is 0 Å². The molecule has 2 nitrogen and oxygen atoms in total. The summed E-state index contributed by atoms with van der Waals surface area (Å²) in [7, 11) is 0. The Kier molecular flexibility index (Phi) is 8.34. The Morgan fingerprint density at radius 1 is 1.25 bits per heavy atom. The lowest BCUT2D eigenvalue weighted by Gasteiger charge is -2.32. The highest BCUT2D eigenvalue weighted by molar-refractivity contribution is 7.99. The molecule has 1 saturated heterocycles. The second kappa shape index (κ2) is 9.32. The van der Waals surface area contributed by atoms with E-state index in [0.29, 0.717) is 0 Å². The molecule has 0 aromatic heterocycles. The standard InChI is InChI=1S/C13H28N2S/c1-3-14-12-13-6-9-15(10-7-13)8-5-11-16-4-2/h13-14H,3-12H2,1-2H3. The van der Waals surface area contributed by atoms with Crippen molar-refractivity contribution in [2.24, 2.45) is 5.92 Å². The maximum absolute atomic E-state index is 3.47. The van der Waals surface area contributed by atoms with Gasteiger partial charge in [-0.1, -0.05) is 13.8 Å². The molecular weight excluding hydrogens is 216 g/mol. The van der Waals surface area contributed by atoms with Crippen LogP contribution in [0.5, 0.6) is 0 Å². The smallest absolute Gasteiger partial charge is 0.00109 e. The van der Waals surface area contributed by atoms with E-state index in [1.807, 2.05) is 0 Å². The normalized spacial score (nSPS) is 19.1. The topological polar surface area (TPSA) is 15.3 Å².